The van der Waals surface area contributed by atoms with Crippen LogP contribution in [0, 0.1) is 6.92 Å². The Morgan fingerprint density at radius 1 is 1.15 bits per heavy atom. The summed E-state index contributed by atoms with van der Waals surface area (Å²) in [6.07, 6.45) is -0.149. The van der Waals surface area contributed by atoms with Gasteiger partial charge in [-0.2, -0.15) is 0 Å². The lowest BCUT2D eigenvalue weighted by Crippen LogP contribution is -2.45. The van der Waals surface area contributed by atoms with Gasteiger partial charge in [0.25, 0.3) is 0 Å². The molecule has 0 spiro atoms. The van der Waals surface area contributed by atoms with Crippen LogP contribution in [0.25, 0.3) is 0 Å². The monoisotopic (exact) mass is 365 g/mol. The molecule has 144 valence electrons. The molecule has 0 saturated carbocycles. The van der Waals surface area contributed by atoms with Gasteiger partial charge < -0.3 is 19.3 Å². The van der Waals surface area contributed by atoms with Gasteiger partial charge in [-0.25, -0.2) is 9.59 Å². The van der Waals surface area contributed by atoms with Gasteiger partial charge in [0.2, 0.25) is 0 Å². The minimum atomic E-state index is -1.08. The fraction of sp³-hybridized carbons (Fsp3) is 0.579. The number of benzene rings is 1. The summed E-state index contributed by atoms with van der Waals surface area (Å²) in [5.41, 5.74) is 0.910. The molecule has 7 heteroatoms. The van der Waals surface area contributed by atoms with Crippen LogP contribution in [0.5, 0.6) is 11.5 Å². The molecule has 2 rings (SSSR count). The number of hydrogen-bond acceptors (Lipinski definition) is 5. The maximum absolute atomic E-state index is 12.5. The Bertz CT molecular complexity index is 669. The minimum absolute atomic E-state index is 0.288. The number of nitrogens with zero attached hydrogens (tertiary/aromatic N) is 1. The smallest absolute Gasteiger partial charge is 0.411 e. The molecule has 1 saturated heterocycles. The van der Waals surface area contributed by atoms with Crippen molar-refractivity contribution < 1.29 is 28.9 Å². The molecule has 1 aliphatic heterocycles. The molecule has 0 aliphatic carbocycles. The predicted molar refractivity (Wildman–Crippen MR) is 96.0 cm³/mol. The van der Waals surface area contributed by atoms with Crippen molar-refractivity contribution in [3.63, 3.8) is 0 Å². The Kier molecular flexibility index (Phi) is 5.68. The minimum Gasteiger partial charge on any atom is -0.496 e. The van der Waals surface area contributed by atoms with Crippen LogP contribution in [0.1, 0.15) is 44.2 Å². The van der Waals surface area contributed by atoms with E-state index in [0.29, 0.717) is 23.5 Å². The molecule has 1 heterocycles. The van der Waals surface area contributed by atoms with E-state index in [4.69, 9.17) is 14.2 Å². The Morgan fingerprint density at radius 3 is 2.12 bits per heavy atom. The van der Waals surface area contributed by atoms with Crippen molar-refractivity contribution in [1.29, 1.82) is 0 Å². The van der Waals surface area contributed by atoms with Crippen LogP contribution in [-0.2, 0) is 9.53 Å². The summed E-state index contributed by atoms with van der Waals surface area (Å²) in [5, 5.41) is 9.81. The number of ether oxygens (including phenoxy) is 3. The highest BCUT2D eigenvalue weighted by Gasteiger charge is 2.46. The first-order chi connectivity index (χ1) is 12.1. The van der Waals surface area contributed by atoms with Gasteiger partial charge in [0.05, 0.1) is 14.2 Å². The van der Waals surface area contributed by atoms with E-state index in [9.17, 15) is 14.7 Å². The molecular formula is C19H27NO6. The van der Waals surface area contributed by atoms with Gasteiger partial charge in [-0.05, 0) is 51.8 Å². The molecule has 1 N–H and O–H groups in total. The summed E-state index contributed by atoms with van der Waals surface area (Å²) in [4.78, 5) is 25.8. The van der Waals surface area contributed by atoms with Crippen LogP contribution >= 0.6 is 0 Å². The number of carboxylic acids is 1. The van der Waals surface area contributed by atoms with Crippen molar-refractivity contribution in [2.24, 2.45) is 0 Å². The summed E-state index contributed by atoms with van der Waals surface area (Å²) in [7, 11) is 3.07. The number of carbonyl (C=O) groups excluding carboxylic acids is 1. The van der Waals surface area contributed by atoms with Crippen molar-refractivity contribution in [2.45, 2.75) is 51.7 Å². The van der Waals surface area contributed by atoms with Gasteiger partial charge in [-0.3, -0.25) is 4.90 Å². The maximum atomic E-state index is 12.5. The van der Waals surface area contributed by atoms with Crippen LogP contribution in [0.4, 0.5) is 4.79 Å². The van der Waals surface area contributed by atoms with Crippen LogP contribution < -0.4 is 9.47 Å². The number of carbonyl (C=O) groups is 2. The number of methoxy groups -OCH3 is 2. The molecule has 0 unspecified atom stereocenters. The Hall–Kier alpha value is -2.44. The average molecular weight is 365 g/mol. The summed E-state index contributed by atoms with van der Waals surface area (Å²) >= 11 is 0. The van der Waals surface area contributed by atoms with Crippen LogP contribution in [0.2, 0.25) is 0 Å². The lowest BCUT2D eigenvalue weighted by atomic mass is 9.89. The quantitative estimate of drug-likeness (QED) is 0.882. The fourth-order valence-electron chi connectivity index (χ4n) is 3.36. The molecule has 1 amide bonds. The van der Waals surface area contributed by atoms with Gasteiger partial charge >= 0.3 is 12.1 Å². The average Bonchev–Trinajstić information content (AvgIpc) is 2.97. The molecule has 7 nitrogen and oxygen atoms in total. The Balaban J connectivity index is 2.45. The molecule has 1 aromatic carbocycles. The van der Waals surface area contributed by atoms with Gasteiger partial charge in [0.1, 0.15) is 23.1 Å². The zero-order valence-electron chi connectivity index (χ0n) is 16.2. The summed E-state index contributed by atoms with van der Waals surface area (Å²) in [6, 6.07) is 2.63. The van der Waals surface area contributed by atoms with Crippen LogP contribution in [0.15, 0.2) is 12.1 Å². The van der Waals surface area contributed by atoms with Crippen molar-refractivity contribution >= 4 is 12.1 Å². The van der Waals surface area contributed by atoms with Crippen LogP contribution in [0.3, 0.4) is 0 Å². The molecule has 0 radical (unpaired) electrons. The zero-order chi connectivity index (χ0) is 19.6. The highest BCUT2D eigenvalue weighted by Crippen LogP contribution is 2.44. The topological polar surface area (TPSA) is 85.3 Å². The molecular weight excluding hydrogens is 338 g/mol. The predicted octanol–water partition coefficient (Wildman–Crippen LogP) is 3.19. The first kappa shape index (κ1) is 19.9. The Morgan fingerprint density at radius 2 is 1.69 bits per heavy atom. The molecule has 1 aromatic rings. The lowest BCUT2D eigenvalue weighted by molar-refractivity contribution is -0.142. The van der Waals surface area contributed by atoms with Crippen molar-refractivity contribution in [1.82, 2.24) is 4.90 Å². The number of amides is 1. The van der Waals surface area contributed by atoms with E-state index in [1.54, 1.807) is 20.8 Å². The van der Waals surface area contributed by atoms with Gasteiger partial charge in [0, 0.05) is 18.0 Å². The summed E-state index contributed by atoms with van der Waals surface area (Å²) < 4.78 is 16.3. The number of likely N-dealkylation sites (tertiary alicyclic amines) is 1. The number of carboxylic acid groups (broad SMARTS) is 1. The Labute approximate surface area is 153 Å². The van der Waals surface area contributed by atoms with E-state index in [2.05, 4.69) is 0 Å². The van der Waals surface area contributed by atoms with Gasteiger partial charge in [0.15, 0.2) is 0 Å². The molecule has 1 fully saturated rings. The van der Waals surface area contributed by atoms with Crippen LogP contribution in [-0.4, -0.2) is 54.5 Å². The van der Waals surface area contributed by atoms with Crippen molar-refractivity contribution in [2.75, 3.05) is 20.8 Å². The SMILES string of the molecule is COc1cc(C)cc(OC)c1[C@H]1CCN(C(=O)OC(C)(C)C)[C@@H]1C(=O)O. The van der Waals surface area contributed by atoms with E-state index < -0.39 is 29.6 Å². The highest BCUT2D eigenvalue weighted by molar-refractivity contribution is 5.82. The second-order valence-electron chi connectivity index (χ2n) is 7.44. The van der Waals surface area contributed by atoms with Crippen molar-refractivity contribution in [3.05, 3.63) is 23.3 Å². The number of aliphatic carboxylic acids is 1. The van der Waals surface area contributed by atoms with Gasteiger partial charge in [-0.1, -0.05) is 0 Å². The number of hydrogen-bond donors (Lipinski definition) is 1. The fourth-order valence-corrected chi connectivity index (χ4v) is 3.36. The largest absolute Gasteiger partial charge is 0.496 e. The number of aryl methyl sites for hydroxylation is 1. The third kappa shape index (κ3) is 4.03. The third-order valence-corrected chi connectivity index (χ3v) is 4.34. The third-order valence-electron chi connectivity index (χ3n) is 4.34. The number of rotatable bonds is 4. The molecule has 2 atom stereocenters. The van der Waals surface area contributed by atoms with E-state index >= 15 is 0 Å². The molecule has 26 heavy (non-hydrogen) atoms. The highest BCUT2D eigenvalue weighted by atomic mass is 16.6. The zero-order valence-corrected chi connectivity index (χ0v) is 16.2. The second-order valence-corrected chi connectivity index (χ2v) is 7.44. The lowest BCUT2D eigenvalue weighted by Gasteiger charge is -2.29. The van der Waals surface area contributed by atoms with E-state index in [1.807, 2.05) is 19.1 Å². The van der Waals surface area contributed by atoms with Gasteiger partial charge in [-0.15, -0.1) is 0 Å². The first-order valence-electron chi connectivity index (χ1n) is 8.54. The van der Waals surface area contributed by atoms with E-state index in [0.717, 1.165) is 5.56 Å². The molecule has 0 aromatic heterocycles. The summed E-state index contributed by atoms with van der Waals surface area (Å²) in [6.45, 7) is 7.45. The van der Waals surface area contributed by atoms with Crippen molar-refractivity contribution in [3.8, 4) is 11.5 Å². The van der Waals surface area contributed by atoms with E-state index in [1.165, 1.54) is 19.1 Å². The normalized spacial score (nSPS) is 20.0. The second kappa shape index (κ2) is 7.43. The summed E-state index contributed by atoms with van der Waals surface area (Å²) in [5.74, 6) is -0.415. The molecule has 1 aliphatic rings. The van der Waals surface area contributed by atoms with E-state index in [-0.39, 0.29) is 6.54 Å². The maximum Gasteiger partial charge on any atom is 0.411 e. The standard InChI is InChI=1S/C19H27NO6/c1-11-9-13(24-5)15(14(10-11)25-6)12-7-8-20(16(12)17(21)22)18(23)26-19(2,3)4/h9-10,12,16H,7-8H2,1-6H3,(H,21,22)/t12-,16+/m1/s1. The first-order valence-corrected chi connectivity index (χ1v) is 8.54. The molecule has 0 bridgehead atoms.